The number of ketones is 1. The minimum Gasteiger partial charge on any atom is -0.406 e. The molecule has 2 atom stereocenters. The lowest BCUT2D eigenvalue weighted by molar-refractivity contribution is -0.275. The number of alkyl halides is 6. The first-order valence-electron chi connectivity index (χ1n) is 9.50. The number of anilines is 2. The van der Waals surface area contributed by atoms with Gasteiger partial charge in [0.2, 0.25) is 0 Å². The van der Waals surface area contributed by atoms with Gasteiger partial charge in [-0.3, -0.25) is 4.79 Å². The quantitative estimate of drug-likeness (QED) is 0.398. The smallest absolute Gasteiger partial charge is 0.406 e. The van der Waals surface area contributed by atoms with Crippen LogP contribution in [0.25, 0.3) is 0 Å². The Morgan fingerprint density at radius 1 is 0.882 bits per heavy atom. The lowest BCUT2D eigenvalue weighted by Gasteiger charge is -2.20. The topological polar surface area (TPSA) is 83.4 Å². The Labute approximate surface area is 189 Å². The molecule has 2 aromatic rings. The van der Waals surface area contributed by atoms with Crippen molar-refractivity contribution in [3.05, 3.63) is 72.5 Å². The van der Waals surface area contributed by atoms with Crippen LogP contribution in [0.1, 0.15) is 0 Å². The molecule has 0 fully saturated rings. The lowest BCUT2D eigenvalue weighted by atomic mass is 9.93. The van der Waals surface area contributed by atoms with E-state index < -0.39 is 36.2 Å². The van der Waals surface area contributed by atoms with E-state index in [1.54, 1.807) is 0 Å². The summed E-state index contributed by atoms with van der Waals surface area (Å²) < 4.78 is 81.2. The highest BCUT2D eigenvalue weighted by Gasteiger charge is 2.34. The number of carbonyl (C=O) groups is 1. The Balaban J connectivity index is 1.69. The number of hydrogen-bond donors (Lipinski definition) is 2. The van der Waals surface area contributed by atoms with Crippen LogP contribution in [0.15, 0.2) is 72.5 Å². The number of nitriles is 1. The van der Waals surface area contributed by atoms with Crippen molar-refractivity contribution in [2.75, 3.05) is 10.6 Å². The van der Waals surface area contributed by atoms with E-state index in [1.807, 2.05) is 6.07 Å². The van der Waals surface area contributed by atoms with Gasteiger partial charge in [-0.05, 0) is 54.6 Å². The zero-order chi connectivity index (χ0) is 24.9. The molecule has 178 valence electrons. The van der Waals surface area contributed by atoms with Gasteiger partial charge in [-0.1, -0.05) is 6.08 Å². The van der Waals surface area contributed by atoms with Crippen molar-refractivity contribution < 1.29 is 40.6 Å². The Hall–Kier alpha value is -4.14. The molecular weight excluding hydrogens is 468 g/mol. The summed E-state index contributed by atoms with van der Waals surface area (Å²) in [6.07, 6.45) is -5.61. The molecule has 0 heterocycles. The first-order valence-corrected chi connectivity index (χ1v) is 9.50. The molecule has 0 saturated carbocycles. The molecule has 2 unspecified atom stereocenters. The second kappa shape index (κ2) is 9.78. The third-order valence-corrected chi connectivity index (χ3v) is 4.50. The Morgan fingerprint density at radius 2 is 1.38 bits per heavy atom. The molecule has 0 aliphatic heterocycles. The van der Waals surface area contributed by atoms with Gasteiger partial charge < -0.3 is 20.1 Å². The van der Waals surface area contributed by atoms with Crippen LogP contribution in [0.4, 0.5) is 37.7 Å². The molecule has 0 aromatic heterocycles. The van der Waals surface area contributed by atoms with E-state index in [9.17, 15) is 36.4 Å². The molecule has 0 amide bonds. The summed E-state index contributed by atoms with van der Waals surface area (Å²) in [5, 5.41) is 15.3. The van der Waals surface area contributed by atoms with Crippen LogP contribution in [-0.4, -0.2) is 24.5 Å². The molecule has 12 heteroatoms. The van der Waals surface area contributed by atoms with Crippen molar-refractivity contribution in [3.63, 3.8) is 0 Å². The number of allylic oxidation sites excluding steroid dienone is 1. The number of carbonyl (C=O) groups excluding carboxylic acids is 1. The number of nitrogens with zero attached hydrogens (tertiary/aromatic N) is 1. The van der Waals surface area contributed by atoms with Gasteiger partial charge in [0.1, 0.15) is 11.5 Å². The second-order valence-electron chi connectivity index (χ2n) is 6.91. The molecule has 0 radical (unpaired) electrons. The minimum atomic E-state index is -4.83. The maximum atomic E-state index is 12.4. The molecule has 2 aromatic carbocycles. The molecule has 1 aliphatic rings. The summed E-state index contributed by atoms with van der Waals surface area (Å²) in [6.45, 7) is 0. The van der Waals surface area contributed by atoms with Gasteiger partial charge in [-0.15, -0.1) is 26.3 Å². The van der Waals surface area contributed by atoms with Gasteiger partial charge in [0, 0.05) is 17.6 Å². The van der Waals surface area contributed by atoms with E-state index >= 15 is 0 Å². The van der Waals surface area contributed by atoms with E-state index in [0.29, 0.717) is 11.4 Å². The van der Waals surface area contributed by atoms with E-state index in [1.165, 1.54) is 42.6 Å². The van der Waals surface area contributed by atoms with Gasteiger partial charge in [-0.25, -0.2) is 0 Å². The number of benzene rings is 2. The molecule has 0 saturated heterocycles. The fourth-order valence-electron chi connectivity index (χ4n) is 3.12. The van der Waals surface area contributed by atoms with Crippen LogP contribution in [0.3, 0.4) is 0 Å². The van der Waals surface area contributed by atoms with Gasteiger partial charge >= 0.3 is 12.7 Å². The number of rotatable bonds is 7. The van der Waals surface area contributed by atoms with Crippen molar-refractivity contribution in [2.45, 2.75) is 18.8 Å². The first-order chi connectivity index (χ1) is 15.9. The third-order valence-electron chi connectivity index (χ3n) is 4.50. The van der Waals surface area contributed by atoms with Crippen molar-refractivity contribution in [3.8, 4) is 17.6 Å². The molecule has 0 bridgehead atoms. The predicted molar refractivity (Wildman–Crippen MR) is 109 cm³/mol. The van der Waals surface area contributed by atoms with E-state index in [0.717, 1.165) is 24.3 Å². The number of nitrogens with one attached hydrogen (secondary N) is 2. The number of hydrogen-bond acceptors (Lipinski definition) is 6. The van der Waals surface area contributed by atoms with Crippen molar-refractivity contribution in [1.29, 1.82) is 5.26 Å². The molecule has 6 nitrogen and oxygen atoms in total. The summed E-state index contributed by atoms with van der Waals surface area (Å²) in [5.74, 6) is -2.15. The summed E-state index contributed by atoms with van der Waals surface area (Å²) in [7, 11) is 0. The number of halogens is 6. The third kappa shape index (κ3) is 6.93. The fraction of sp³-hybridized carbons (Fsp3) is 0.182. The highest BCUT2D eigenvalue weighted by Crippen LogP contribution is 2.29. The summed E-state index contributed by atoms with van der Waals surface area (Å²) >= 11 is 0. The SMILES string of the molecule is N#C/C(=C\Nc1ccc(OC(F)(F)F)cc1)C1C(=O)C=CC1Nc1ccc(OC(F)(F)F)cc1. The average molecular weight is 483 g/mol. The first kappa shape index (κ1) is 24.5. The zero-order valence-electron chi connectivity index (χ0n) is 16.9. The molecule has 2 N–H and O–H groups in total. The molecular formula is C22H15F6N3O3. The largest absolute Gasteiger partial charge is 0.573 e. The van der Waals surface area contributed by atoms with Crippen molar-refractivity contribution in [1.82, 2.24) is 0 Å². The van der Waals surface area contributed by atoms with Crippen LogP contribution >= 0.6 is 0 Å². The molecule has 1 aliphatic carbocycles. The standard InChI is InChI=1S/C22H15F6N3O3/c23-21(24,25)33-16-5-1-14(2-6-16)30-12-13(11-29)20-18(9-10-19(20)32)31-15-3-7-17(8-4-15)34-22(26,27)28/h1-10,12,18,20,30-31H/b13-12+. The van der Waals surface area contributed by atoms with Gasteiger partial charge in [0.15, 0.2) is 5.78 Å². The summed E-state index contributed by atoms with van der Waals surface area (Å²) in [4.78, 5) is 12.4. The summed E-state index contributed by atoms with van der Waals surface area (Å²) in [6, 6.07) is 10.8. The van der Waals surface area contributed by atoms with Crippen LogP contribution < -0.4 is 20.1 Å². The molecule has 3 rings (SSSR count). The zero-order valence-corrected chi connectivity index (χ0v) is 16.9. The highest BCUT2D eigenvalue weighted by molar-refractivity contribution is 5.98. The maximum Gasteiger partial charge on any atom is 0.573 e. The number of ether oxygens (including phenoxy) is 2. The van der Waals surface area contributed by atoms with Crippen LogP contribution in [0, 0.1) is 17.2 Å². The minimum absolute atomic E-state index is 0.0279. The normalized spacial score (nSPS) is 18.4. The highest BCUT2D eigenvalue weighted by atomic mass is 19.4. The van der Waals surface area contributed by atoms with Crippen LogP contribution in [0.5, 0.6) is 11.5 Å². The molecule has 0 spiro atoms. The Bertz CT molecular complexity index is 1120. The van der Waals surface area contributed by atoms with E-state index in [2.05, 4.69) is 20.1 Å². The maximum absolute atomic E-state index is 12.4. The fourth-order valence-corrected chi connectivity index (χ4v) is 3.12. The summed E-state index contributed by atoms with van der Waals surface area (Å²) in [5.41, 5.74) is 0.750. The van der Waals surface area contributed by atoms with Crippen LogP contribution in [0.2, 0.25) is 0 Å². The average Bonchev–Trinajstić information content (AvgIpc) is 3.09. The lowest BCUT2D eigenvalue weighted by Crippen LogP contribution is -2.29. The van der Waals surface area contributed by atoms with E-state index in [-0.39, 0.29) is 11.4 Å². The van der Waals surface area contributed by atoms with Gasteiger partial charge in [-0.2, -0.15) is 5.26 Å². The van der Waals surface area contributed by atoms with Gasteiger partial charge in [0.05, 0.1) is 23.6 Å². The monoisotopic (exact) mass is 483 g/mol. The van der Waals surface area contributed by atoms with Gasteiger partial charge in [0.25, 0.3) is 0 Å². The Kier molecular flexibility index (Phi) is 7.05. The van der Waals surface area contributed by atoms with E-state index in [4.69, 9.17) is 0 Å². The van der Waals surface area contributed by atoms with Crippen molar-refractivity contribution in [2.24, 2.45) is 5.92 Å². The van der Waals surface area contributed by atoms with Crippen molar-refractivity contribution >= 4 is 17.2 Å². The second-order valence-corrected chi connectivity index (χ2v) is 6.91. The Morgan fingerprint density at radius 3 is 1.85 bits per heavy atom. The molecule has 34 heavy (non-hydrogen) atoms. The van der Waals surface area contributed by atoms with Crippen LogP contribution in [-0.2, 0) is 4.79 Å². The predicted octanol–water partition coefficient (Wildman–Crippen LogP) is 5.54.